The van der Waals surface area contributed by atoms with Gasteiger partial charge in [-0.1, -0.05) is 0 Å². The molecule has 0 spiro atoms. The highest BCUT2D eigenvalue weighted by Gasteiger charge is 2.35. The van der Waals surface area contributed by atoms with Crippen LogP contribution < -0.4 is 5.32 Å². The second-order valence-electron chi connectivity index (χ2n) is 4.69. The lowest BCUT2D eigenvalue weighted by molar-refractivity contribution is -0.386. The number of nitrogens with one attached hydrogen (secondary N) is 1. The number of nitro groups is 1. The number of piperazine rings is 1. The lowest BCUT2D eigenvalue weighted by atomic mass is 10.0. The van der Waals surface area contributed by atoms with Crippen molar-refractivity contribution in [1.29, 1.82) is 0 Å². The van der Waals surface area contributed by atoms with Gasteiger partial charge < -0.3 is 10.4 Å². The lowest BCUT2D eigenvalue weighted by Gasteiger charge is -2.34. The van der Waals surface area contributed by atoms with E-state index in [-0.39, 0.29) is 37.9 Å². The molecule has 0 aromatic heterocycles. The van der Waals surface area contributed by atoms with Crippen LogP contribution in [0.25, 0.3) is 0 Å². The topological polar surface area (TPSA) is 78.6 Å². The molecule has 1 heterocycles. The maximum absolute atomic E-state index is 13.5. The molecule has 1 aliphatic rings. The summed E-state index contributed by atoms with van der Waals surface area (Å²) in [5.41, 5.74) is -1.37. The monoisotopic (exact) mass is 377 g/mol. The number of hydrogen-bond acceptors (Lipinski definition) is 5. The molecule has 2 rings (SSSR count). The van der Waals surface area contributed by atoms with Gasteiger partial charge in [0.25, 0.3) is 6.43 Å². The van der Waals surface area contributed by atoms with Crippen LogP contribution in [0.2, 0.25) is 0 Å². The Kier molecular flexibility index (Phi) is 8.60. The zero-order chi connectivity index (χ0) is 15.6. The summed E-state index contributed by atoms with van der Waals surface area (Å²) in [6.45, 7) is 1.50. The second kappa shape index (κ2) is 9.11. The SMILES string of the molecule is Cl.Cl.O=[N+]([O-])c1cc(F)cc([C@H](C(F)F)N2CCNCC2)c1O. The van der Waals surface area contributed by atoms with Crippen molar-refractivity contribution in [2.75, 3.05) is 26.2 Å². The van der Waals surface area contributed by atoms with E-state index in [9.17, 15) is 28.4 Å². The van der Waals surface area contributed by atoms with Crippen molar-refractivity contribution in [3.8, 4) is 5.75 Å². The molecule has 6 nitrogen and oxygen atoms in total. The van der Waals surface area contributed by atoms with Gasteiger partial charge in [0, 0.05) is 31.7 Å². The first kappa shape index (κ1) is 21.7. The number of nitro benzene ring substituents is 1. The van der Waals surface area contributed by atoms with Gasteiger partial charge in [-0.05, 0) is 6.07 Å². The fourth-order valence-electron chi connectivity index (χ4n) is 2.42. The summed E-state index contributed by atoms with van der Waals surface area (Å²) >= 11 is 0. The zero-order valence-electron chi connectivity index (χ0n) is 11.7. The minimum absolute atomic E-state index is 0. The molecular formula is C12H16Cl2F3N3O3. The van der Waals surface area contributed by atoms with Crippen molar-refractivity contribution in [3.05, 3.63) is 33.6 Å². The first-order chi connectivity index (χ1) is 9.91. The summed E-state index contributed by atoms with van der Waals surface area (Å²) in [6, 6.07) is -0.346. The minimum atomic E-state index is -2.91. The van der Waals surface area contributed by atoms with Crippen LogP contribution in [-0.4, -0.2) is 47.5 Å². The van der Waals surface area contributed by atoms with E-state index in [2.05, 4.69) is 5.32 Å². The Balaban J connectivity index is 0.00000242. The Morgan fingerprint density at radius 3 is 2.30 bits per heavy atom. The van der Waals surface area contributed by atoms with E-state index in [1.165, 1.54) is 4.90 Å². The van der Waals surface area contributed by atoms with E-state index in [4.69, 9.17) is 0 Å². The Morgan fingerprint density at radius 2 is 1.83 bits per heavy atom. The van der Waals surface area contributed by atoms with Crippen molar-refractivity contribution in [3.63, 3.8) is 0 Å². The Labute approximate surface area is 142 Å². The molecule has 0 amide bonds. The minimum Gasteiger partial charge on any atom is -0.502 e. The summed E-state index contributed by atoms with van der Waals surface area (Å²) < 4.78 is 40.2. The number of phenolic OH excluding ortho intramolecular Hbond substituents is 1. The van der Waals surface area contributed by atoms with E-state index in [0.29, 0.717) is 19.2 Å². The first-order valence-electron chi connectivity index (χ1n) is 6.31. The normalized spacial score (nSPS) is 16.3. The number of aromatic hydroxyl groups is 1. The van der Waals surface area contributed by atoms with E-state index in [0.717, 1.165) is 6.07 Å². The summed E-state index contributed by atoms with van der Waals surface area (Å²) in [6.07, 6.45) is -2.91. The van der Waals surface area contributed by atoms with Gasteiger partial charge in [-0.3, -0.25) is 15.0 Å². The molecule has 0 saturated carbocycles. The highest BCUT2D eigenvalue weighted by atomic mass is 35.5. The maximum atomic E-state index is 13.5. The average Bonchev–Trinajstić information content (AvgIpc) is 2.43. The van der Waals surface area contributed by atoms with E-state index in [1.807, 2.05) is 0 Å². The Morgan fingerprint density at radius 1 is 1.26 bits per heavy atom. The first-order valence-corrected chi connectivity index (χ1v) is 6.31. The van der Waals surface area contributed by atoms with Gasteiger partial charge in [-0.2, -0.15) is 0 Å². The van der Waals surface area contributed by atoms with Crippen LogP contribution >= 0.6 is 24.8 Å². The third kappa shape index (κ3) is 4.84. The molecule has 1 aromatic carbocycles. The zero-order valence-corrected chi connectivity index (χ0v) is 13.4. The predicted molar refractivity (Wildman–Crippen MR) is 82.4 cm³/mol. The van der Waals surface area contributed by atoms with Crippen LogP contribution in [0.5, 0.6) is 5.75 Å². The Hall–Kier alpha value is -1.29. The molecule has 23 heavy (non-hydrogen) atoms. The number of halogens is 5. The molecule has 1 saturated heterocycles. The van der Waals surface area contributed by atoms with Crippen LogP contribution in [0.15, 0.2) is 12.1 Å². The van der Waals surface area contributed by atoms with Crippen LogP contribution in [0.4, 0.5) is 18.9 Å². The third-order valence-corrected chi connectivity index (χ3v) is 3.38. The van der Waals surface area contributed by atoms with E-state index in [1.54, 1.807) is 0 Å². The van der Waals surface area contributed by atoms with Crippen molar-refractivity contribution in [2.24, 2.45) is 0 Å². The van der Waals surface area contributed by atoms with Crippen LogP contribution in [0.1, 0.15) is 11.6 Å². The molecular weight excluding hydrogens is 362 g/mol. The number of benzene rings is 1. The lowest BCUT2D eigenvalue weighted by Crippen LogP contribution is -2.47. The van der Waals surface area contributed by atoms with E-state index < -0.39 is 40.2 Å². The molecule has 2 N–H and O–H groups in total. The molecule has 0 bridgehead atoms. The van der Waals surface area contributed by atoms with Gasteiger partial charge in [0.2, 0.25) is 0 Å². The van der Waals surface area contributed by atoms with Gasteiger partial charge in [0.05, 0.1) is 11.0 Å². The second-order valence-corrected chi connectivity index (χ2v) is 4.69. The van der Waals surface area contributed by atoms with Crippen molar-refractivity contribution >= 4 is 30.5 Å². The van der Waals surface area contributed by atoms with Crippen molar-refractivity contribution in [1.82, 2.24) is 10.2 Å². The summed E-state index contributed by atoms with van der Waals surface area (Å²) in [5.74, 6) is -1.94. The molecule has 11 heteroatoms. The molecule has 132 valence electrons. The Bertz CT molecular complexity index is 546. The molecule has 1 aliphatic heterocycles. The van der Waals surface area contributed by atoms with Crippen molar-refractivity contribution in [2.45, 2.75) is 12.5 Å². The van der Waals surface area contributed by atoms with Crippen molar-refractivity contribution < 1.29 is 23.2 Å². The molecule has 1 fully saturated rings. The van der Waals surface area contributed by atoms with Gasteiger partial charge in [-0.25, -0.2) is 13.2 Å². The van der Waals surface area contributed by atoms with Gasteiger partial charge in [0.1, 0.15) is 11.9 Å². The predicted octanol–water partition coefficient (Wildman–Crippen LogP) is 2.49. The molecule has 1 aromatic rings. The number of alkyl halides is 2. The smallest absolute Gasteiger partial charge is 0.313 e. The summed E-state index contributed by atoms with van der Waals surface area (Å²) in [4.78, 5) is 11.1. The number of nitrogens with zero attached hydrogens (tertiary/aromatic N) is 2. The number of rotatable bonds is 4. The standard InChI is InChI=1S/C12H14F3N3O3.2ClH/c13-7-5-8(11(19)9(6-7)18(20)21)10(12(14)15)17-3-1-16-2-4-17;;/h5-6,10,12,16,19H,1-4H2;2*1H/t10-;;/m1../s1. The van der Waals surface area contributed by atoms with Gasteiger partial charge in [0.15, 0.2) is 5.75 Å². The summed E-state index contributed by atoms with van der Waals surface area (Å²) in [7, 11) is 0. The van der Waals surface area contributed by atoms with Gasteiger partial charge in [-0.15, -0.1) is 24.8 Å². The summed E-state index contributed by atoms with van der Waals surface area (Å²) in [5, 5.41) is 23.6. The highest BCUT2D eigenvalue weighted by Crippen LogP contribution is 2.39. The van der Waals surface area contributed by atoms with Crippen LogP contribution in [0, 0.1) is 15.9 Å². The van der Waals surface area contributed by atoms with E-state index >= 15 is 0 Å². The maximum Gasteiger partial charge on any atom is 0.313 e. The van der Waals surface area contributed by atoms with Crippen LogP contribution in [0.3, 0.4) is 0 Å². The fourth-order valence-corrected chi connectivity index (χ4v) is 2.42. The van der Waals surface area contributed by atoms with Crippen LogP contribution in [-0.2, 0) is 0 Å². The highest BCUT2D eigenvalue weighted by molar-refractivity contribution is 5.85. The average molecular weight is 378 g/mol. The third-order valence-electron chi connectivity index (χ3n) is 3.38. The van der Waals surface area contributed by atoms with Gasteiger partial charge >= 0.3 is 5.69 Å². The fraction of sp³-hybridized carbons (Fsp3) is 0.500. The number of hydrogen-bond donors (Lipinski definition) is 2. The molecule has 1 atom stereocenters. The molecule has 0 unspecified atom stereocenters. The largest absolute Gasteiger partial charge is 0.502 e. The molecule has 0 radical (unpaired) electrons. The number of phenols is 1. The molecule has 0 aliphatic carbocycles. The quantitative estimate of drug-likeness (QED) is 0.622.